The third kappa shape index (κ3) is 6.29. The summed E-state index contributed by atoms with van der Waals surface area (Å²) in [5.74, 6) is -2.33. The lowest BCUT2D eigenvalue weighted by Crippen LogP contribution is -2.30. The lowest BCUT2D eigenvalue weighted by molar-refractivity contribution is -0.161. The molecule has 0 saturated carbocycles. The zero-order chi connectivity index (χ0) is 24.7. The minimum Gasteiger partial charge on any atom is -0.467 e. The van der Waals surface area contributed by atoms with E-state index in [9.17, 15) is 18.0 Å². The van der Waals surface area contributed by atoms with Crippen LogP contribution in [-0.2, 0) is 35.5 Å². The first-order valence-electron chi connectivity index (χ1n) is 10.1. The molecule has 0 saturated heterocycles. The highest BCUT2D eigenvalue weighted by molar-refractivity contribution is 7.92. The van der Waals surface area contributed by atoms with Gasteiger partial charge in [0.05, 0.1) is 30.1 Å². The number of halogens is 1. The first-order valence-corrected chi connectivity index (χ1v) is 12.0. The zero-order valence-corrected chi connectivity index (χ0v) is 19.8. The van der Waals surface area contributed by atoms with Crippen LogP contribution in [0.25, 0.3) is 0 Å². The molecule has 0 radical (unpaired) electrons. The molecule has 1 aromatic carbocycles. The second kappa shape index (κ2) is 11.1. The van der Waals surface area contributed by atoms with E-state index in [1.807, 2.05) is 0 Å². The first kappa shape index (κ1) is 25.1. The molecule has 2 N–H and O–H groups in total. The Hall–Kier alpha value is -3.51. The normalized spacial score (nSPS) is 11.3. The quantitative estimate of drug-likeness (QED) is 0.287. The maximum atomic E-state index is 12.5. The molecule has 2 heterocycles. The number of nitrogens with zero attached hydrogens (tertiary/aromatic N) is 1. The van der Waals surface area contributed by atoms with Gasteiger partial charge in [-0.3, -0.25) is 14.3 Å². The number of carbonyl (C=O) groups is 2. The fourth-order valence-corrected chi connectivity index (χ4v) is 4.04. The SMILES string of the molecule is CCOC(=O)C(Cc1occc1Nc1ccc(S(=O)(=O)Nc2cc(Cl)on2)cc1)C(=O)OCC. The summed E-state index contributed by atoms with van der Waals surface area (Å²) in [6.07, 6.45) is 1.32. The minimum atomic E-state index is -3.91. The van der Waals surface area contributed by atoms with E-state index in [4.69, 9.17) is 25.5 Å². The van der Waals surface area contributed by atoms with Crippen LogP contribution in [0.2, 0.25) is 5.22 Å². The van der Waals surface area contributed by atoms with E-state index in [0.29, 0.717) is 17.1 Å². The molecule has 0 aliphatic carbocycles. The first-order chi connectivity index (χ1) is 16.2. The number of carbonyl (C=O) groups excluding carboxylic acids is 2. The summed E-state index contributed by atoms with van der Waals surface area (Å²) in [4.78, 5) is 24.5. The maximum absolute atomic E-state index is 12.5. The van der Waals surface area contributed by atoms with Crippen LogP contribution in [0.15, 0.2) is 56.5 Å². The minimum absolute atomic E-state index is 0.0192. The highest BCUT2D eigenvalue weighted by Crippen LogP contribution is 2.27. The van der Waals surface area contributed by atoms with Crippen molar-refractivity contribution in [3.05, 3.63) is 53.6 Å². The Bertz CT molecular complexity index is 1220. The van der Waals surface area contributed by atoms with Crippen molar-refractivity contribution in [2.45, 2.75) is 25.2 Å². The molecule has 0 amide bonds. The summed E-state index contributed by atoms with van der Waals surface area (Å²) >= 11 is 5.60. The third-order valence-corrected chi connectivity index (χ3v) is 5.99. The molecule has 0 unspecified atom stereocenters. The summed E-state index contributed by atoms with van der Waals surface area (Å²) < 4.78 is 47.3. The van der Waals surface area contributed by atoms with Crippen LogP contribution in [0.5, 0.6) is 0 Å². The van der Waals surface area contributed by atoms with Crippen molar-refractivity contribution in [1.82, 2.24) is 5.16 Å². The van der Waals surface area contributed by atoms with Crippen molar-refractivity contribution in [3.8, 4) is 0 Å². The topological polar surface area (TPSA) is 150 Å². The van der Waals surface area contributed by atoms with Crippen molar-refractivity contribution in [2.75, 3.05) is 23.3 Å². The molecule has 0 spiro atoms. The number of esters is 2. The largest absolute Gasteiger partial charge is 0.467 e. The van der Waals surface area contributed by atoms with Gasteiger partial charge in [-0.2, -0.15) is 0 Å². The molecule has 0 bridgehead atoms. The Morgan fingerprint density at radius 2 is 1.74 bits per heavy atom. The molecule has 3 rings (SSSR count). The summed E-state index contributed by atoms with van der Waals surface area (Å²) in [6.45, 7) is 3.51. The van der Waals surface area contributed by atoms with Crippen LogP contribution in [0.3, 0.4) is 0 Å². The molecule has 0 atom stereocenters. The van der Waals surface area contributed by atoms with Crippen molar-refractivity contribution in [1.29, 1.82) is 0 Å². The number of hydrogen-bond donors (Lipinski definition) is 2. The Labute approximate surface area is 200 Å². The predicted molar refractivity (Wildman–Crippen MR) is 121 cm³/mol. The van der Waals surface area contributed by atoms with E-state index in [0.717, 1.165) is 0 Å². The molecule has 0 fully saturated rings. The van der Waals surface area contributed by atoms with Gasteiger partial charge in [0.2, 0.25) is 5.22 Å². The van der Waals surface area contributed by atoms with Crippen LogP contribution in [0, 0.1) is 5.92 Å². The van der Waals surface area contributed by atoms with Crippen molar-refractivity contribution in [2.24, 2.45) is 5.92 Å². The van der Waals surface area contributed by atoms with Gasteiger partial charge in [0.25, 0.3) is 10.0 Å². The summed E-state index contributed by atoms with van der Waals surface area (Å²) in [6, 6.07) is 8.68. The van der Waals surface area contributed by atoms with Crippen LogP contribution < -0.4 is 10.0 Å². The van der Waals surface area contributed by atoms with Gasteiger partial charge in [0.15, 0.2) is 11.7 Å². The van der Waals surface area contributed by atoms with E-state index in [1.165, 1.54) is 36.6 Å². The van der Waals surface area contributed by atoms with Crippen LogP contribution in [0.4, 0.5) is 17.2 Å². The number of anilines is 3. The van der Waals surface area contributed by atoms with Crippen LogP contribution in [-0.4, -0.2) is 38.7 Å². The number of nitrogens with one attached hydrogen (secondary N) is 2. The number of furan rings is 1. The summed E-state index contributed by atoms with van der Waals surface area (Å²) in [7, 11) is -3.91. The molecule has 11 nitrogen and oxygen atoms in total. The van der Waals surface area contributed by atoms with Gasteiger partial charge >= 0.3 is 11.9 Å². The number of benzene rings is 1. The molecule has 13 heteroatoms. The van der Waals surface area contributed by atoms with Gasteiger partial charge in [-0.1, -0.05) is 5.16 Å². The van der Waals surface area contributed by atoms with E-state index in [2.05, 4.69) is 19.7 Å². The van der Waals surface area contributed by atoms with Crippen molar-refractivity contribution in [3.63, 3.8) is 0 Å². The second-order valence-electron chi connectivity index (χ2n) is 6.79. The smallest absolute Gasteiger partial charge is 0.320 e. The standard InChI is InChI=1S/C21H22ClN3O8S/c1-3-30-20(26)15(21(27)31-4-2)11-17-16(9-10-32-17)23-13-5-7-14(8-6-13)34(28,29)25-19-12-18(22)33-24-19/h5-10,12,15,23H,3-4,11H2,1-2H3,(H,24,25). The third-order valence-electron chi connectivity index (χ3n) is 4.44. The van der Waals surface area contributed by atoms with Crippen LogP contribution in [0.1, 0.15) is 19.6 Å². The lowest BCUT2D eigenvalue weighted by atomic mass is 10.0. The highest BCUT2D eigenvalue weighted by atomic mass is 35.5. The Balaban J connectivity index is 1.73. The van der Waals surface area contributed by atoms with E-state index in [1.54, 1.807) is 19.9 Å². The van der Waals surface area contributed by atoms with Crippen LogP contribution >= 0.6 is 11.6 Å². The summed E-state index contributed by atoms with van der Waals surface area (Å²) in [5, 5.41) is 6.51. The van der Waals surface area contributed by atoms with Gasteiger partial charge in [0.1, 0.15) is 5.76 Å². The average molecular weight is 512 g/mol. The molecular weight excluding hydrogens is 490 g/mol. The van der Waals surface area contributed by atoms with E-state index < -0.39 is 27.9 Å². The number of aromatic nitrogens is 1. The summed E-state index contributed by atoms with van der Waals surface area (Å²) in [5.41, 5.74) is 1.03. The zero-order valence-electron chi connectivity index (χ0n) is 18.2. The van der Waals surface area contributed by atoms with Crippen molar-refractivity contribution < 1.29 is 36.4 Å². The van der Waals surface area contributed by atoms with Gasteiger partial charge in [0, 0.05) is 24.2 Å². The fourth-order valence-electron chi connectivity index (χ4n) is 2.91. The molecular formula is C21H22ClN3O8S. The number of sulfonamides is 1. The van der Waals surface area contributed by atoms with Gasteiger partial charge in [-0.25, -0.2) is 8.42 Å². The molecule has 2 aromatic heterocycles. The Kier molecular flexibility index (Phi) is 8.18. The Morgan fingerprint density at radius 3 is 2.29 bits per heavy atom. The molecule has 0 aliphatic rings. The average Bonchev–Trinajstić information content (AvgIpc) is 3.40. The maximum Gasteiger partial charge on any atom is 0.320 e. The fraction of sp³-hybridized carbons (Fsp3) is 0.286. The number of hydrogen-bond acceptors (Lipinski definition) is 10. The van der Waals surface area contributed by atoms with Gasteiger partial charge in [-0.05, 0) is 49.7 Å². The molecule has 0 aliphatic heterocycles. The number of ether oxygens (including phenoxy) is 2. The molecule has 182 valence electrons. The predicted octanol–water partition coefficient (Wildman–Crippen LogP) is 3.75. The second-order valence-corrected chi connectivity index (χ2v) is 8.84. The van der Waals surface area contributed by atoms with Gasteiger partial charge < -0.3 is 23.7 Å². The van der Waals surface area contributed by atoms with Crippen molar-refractivity contribution >= 4 is 50.8 Å². The molecule has 34 heavy (non-hydrogen) atoms. The van der Waals surface area contributed by atoms with Gasteiger partial charge in [-0.15, -0.1) is 0 Å². The lowest BCUT2D eigenvalue weighted by Gasteiger charge is -2.14. The highest BCUT2D eigenvalue weighted by Gasteiger charge is 2.32. The Morgan fingerprint density at radius 1 is 1.09 bits per heavy atom. The van der Waals surface area contributed by atoms with E-state index in [-0.39, 0.29) is 35.6 Å². The monoisotopic (exact) mass is 511 g/mol. The molecule has 3 aromatic rings. The van der Waals surface area contributed by atoms with E-state index >= 15 is 0 Å². The number of rotatable bonds is 11.